The highest BCUT2D eigenvalue weighted by Crippen LogP contribution is 2.54. The molecule has 1 aromatic carbocycles. The molecule has 0 atom stereocenters. The van der Waals surface area contributed by atoms with Gasteiger partial charge >= 0.3 is 10.1 Å². The van der Waals surface area contributed by atoms with E-state index in [2.05, 4.69) is 10.1 Å². The van der Waals surface area contributed by atoms with E-state index in [0.29, 0.717) is 11.1 Å². The van der Waals surface area contributed by atoms with Crippen LogP contribution in [0.3, 0.4) is 0 Å². The van der Waals surface area contributed by atoms with E-state index in [1.807, 2.05) is 53.7 Å². The molecule has 3 aromatic rings. The number of alkyl halides is 2. The number of nitrogens with one attached hydrogen (secondary N) is 1. The van der Waals surface area contributed by atoms with Crippen molar-refractivity contribution in [1.82, 2.24) is 14.8 Å². The van der Waals surface area contributed by atoms with E-state index < -0.39 is 39.0 Å². The Kier molecular flexibility index (Phi) is 7.05. The molecule has 0 bridgehead atoms. The van der Waals surface area contributed by atoms with Crippen molar-refractivity contribution < 1.29 is 21.4 Å². The quantitative estimate of drug-likeness (QED) is 0.394. The lowest BCUT2D eigenvalue weighted by Crippen LogP contribution is -2.29. The summed E-state index contributed by atoms with van der Waals surface area (Å²) >= 11 is 0. The van der Waals surface area contributed by atoms with Crippen molar-refractivity contribution in [1.29, 1.82) is 0 Å². The van der Waals surface area contributed by atoms with E-state index in [1.54, 1.807) is 0 Å². The molecule has 4 rings (SSSR count). The summed E-state index contributed by atoms with van der Waals surface area (Å²) in [6.07, 6.45) is -2.72. The van der Waals surface area contributed by atoms with Gasteiger partial charge in [-0.3, -0.25) is 9.59 Å². The van der Waals surface area contributed by atoms with Gasteiger partial charge in [0.2, 0.25) is 12.0 Å². The Morgan fingerprint density at radius 3 is 1.97 bits per heavy atom. The number of hydrogen-bond acceptors (Lipinski definition) is 6. The third-order valence-corrected chi connectivity index (χ3v) is 8.59. The highest BCUT2D eigenvalue weighted by molar-refractivity contribution is 7.87. The fourth-order valence-electron chi connectivity index (χ4n) is 4.82. The van der Waals surface area contributed by atoms with Gasteiger partial charge in [0.25, 0.3) is 11.4 Å². The normalized spacial score (nSPS) is 15.3. The van der Waals surface area contributed by atoms with Crippen LogP contribution in [0.5, 0.6) is 5.88 Å². The SMILES string of the molecule is CC(C)c1cc(C(C)C)c(S(=O)(=O)Oc2nn(C)c(=O)c3cc(=O)[nH]c(C4(C(F)F)CC4)c23)c(C(C)C)c1. The van der Waals surface area contributed by atoms with Crippen LogP contribution in [0.1, 0.15) is 94.5 Å². The Balaban J connectivity index is 2.03. The number of aryl methyl sites for hydroxylation is 1. The molecular formula is C27H33F2N3O5S. The molecule has 38 heavy (non-hydrogen) atoms. The van der Waals surface area contributed by atoms with E-state index in [1.165, 1.54) is 7.05 Å². The Hall–Kier alpha value is -3.08. The number of pyridine rings is 1. The summed E-state index contributed by atoms with van der Waals surface area (Å²) in [7, 11) is -3.28. The van der Waals surface area contributed by atoms with Crippen molar-refractivity contribution in [2.24, 2.45) is 7.05 Å². The standard InChI is InChI=1S/C27H33F2N3O5S/c1-13(2)16-10-17(14(3)4)22(18(11-16)15(5)6)38(35,36)37-24-21-19(25(34)32(7)31-24)12-20(33)30-23(21)27(8-9-27)26(28)29/h10-15,26H,8-9H2,1-7H3,(H,30,33). The van der Waals surface area contributed by atoms with Crippen molar-refractivity contribution in [3.05, 3.63) is 61.3 Å². The molecule has 1 aliphatic rings. The van der Waals surface area contributed by atoms with Gasteiger partial charge in [-0.1, -0.05) is 53.7 Å². The number of aromatic amines is 1. The van der Waals surface area contributed by atoms with E-state index in [4.69, 9.17) is 4.18 Å². The molecule has 2 aromatic heterocycles. The summed E-state index contributed by atoms with van der Waals surface area (Å²) in [5.41, 5.74) is -1.30. The number of rotatable bonds is 8. The summed E-state index contributed by atoms with van der Waals surface area (Å²) in [4.78, 5) is 27.7. The van der Waals surface area contributed by atoms with Crippen molar-refractivity contribution in [2.45, 2.75) is 88.9 Å². The predicted octanol–water partition coefficient (Wildman–Crippen LogP) is 5.06. The first-order valence-corrected chi connectivity index (χ1v) is 14.1. The third kappa shape index (κ3) is 4.65. The van der Waals surface area contributed by atoms with E-state index >= 15 is 0 Å². The molecule has 1 N–H and O–H groups in total. The number of H-pyrrole nitrogens is 1. The zero-order valence-electron chi connectivity index (χ0n) is 22.6. The van der Waals surface area contributed by atoms with Gasteiger partial charge in [-0.15, -0.1) is 5.10 Å². The molecule has 0 amide bonds. The molecule has 8 nitrogen and oxygen atoms in total. The van der Waals surface area contributed by atoms with Crippen LogP contribution in [0.2, 0.25) is 0 Å². The smallest absolute Gasteiger partial charge is 0.341 e. The molecule has 11 heteroatoms. The lowest BCUT2D eigenvalue weighted by molar-refractivity contribution is 0.100. The highest BCUT2D eigenvalue weighted by atomic mass is 32.2. The van der Waals surface area contributed by atoms with Gasteiger partial charge in [-0.05, 0) is 47.3 Å². The van der Waals surface area contributed by atoms with Crippen molar-refractivity contribution in [3.63, 3.8) is 0 Å². The second-order valence-corrected chi connectivity index (χ2v) is 12.5. The summed E-state index contributed by atoms with van der Waals surface area (Å²) in [5, 5.41) is 3.58. The zero-order chi connectivity index (χ0) is 28.3. The Labute approximate surface area is 220 Å². The fourth-order valence-corrected chi connectivity index (χ4v) is 6.40. The lowest BCUT2D eigenvalue weighted by Gasteiger charge is -2.23. The van der Waals surface area contributed by atoms with E-state index in [0.717, 1.165) is 16.3 Å². The Morgan fingerprint density at radius 2 is 1.53 bits per heavy atom. The number of nitrogens with zero attached hydrogens (tertiary/aromatic N) is 2. The number of hydrogen-bond donors (Lipinski definition) is 1. The van der Waals surface area contributed by atoms with Crippen LogP contribution in [0.25, 0.3) is 10.8 Å². The van der Waals surface area contributed by atoms with Gasteiger partial charge in [0, 0.05) is 18.8 Å². The van der Waals surface area contributed by atoms with Crippen LogP contribution in [0.15, 0.2) is 32.7 Å². The summed E-state index contributed by atoms with van der Waals surface area (Å²) in [5.74, 6) is -0.729. The van der Waals surface area contributed by atoms with Crippen LogP contribution in [0.4, 0.5) is 8.78 Å². The molecule has 1 fully saturated rings. The number of aromatic nitrogens is 3. The minimum absolute atomic E-state index is 0.00308. The lowest BCUT2D eigenvalue weighted by atomic mass is 9.89. The molecule has 0 radical (unpaired) electrons. The highest BCUT2D eigenvalue weighted by Gasteiger charge is 2.55. The second kappa shape index (κ2) is 9.59. The number of benzene rings is 1. The van der Waals surface area contributed by atoms with Crippen molar-refractivity contribution in [2.75, 3.05) is 0 Å². The number of fused-ring (bicyclic) bond motifs is 1. The van der Waals surface area contributed by atoms with Gasteiger partial charge < -0.3 is 9.17 Å². The van der Waals surface area contributed by atoms with Gasteiger partial charge in [0.1, 0.15) is 4.90 Å². The van der Waals surface area contributed by atoms with E-state index in [-0.39, 0.29) is 52.0 Å². The monoisotopic (exact) mass is 549 g/mol. The first-order chi connectivity index (χ1) is 17.6. The van der Waals surface area contributed by atoms with Crippen LogP contribution in [0, 0.1) is 0 Å². The second-order valence-electron chi connectivity index (χ2n) is 11.0. The Bertz CT molecular complexity index is 1610. The minimum Gasteiger partial charge on any atom is -0.356 e. The van der Waals surface area contributed by atoms with Gasteiger partial charge in [0.05, 0.1) is 16.2 Å². The minimum atomic E-state index is -4.56. The average molecular weight is 550 g/mol. The van der Waals surface area contributed by atoms with Crippen molar-refractivity contribution in [3.8, 4) is 5.88 Å². The summed E-state index contributed by atoms with van der Waals surface area (Å²) < 4.78 is 62.7. The average Bonchev–Trinajstić information content (AvgIpc) is 3.63. The topological polar surface area (TPSA) is 111 Å². The summed E-state index contributed by atoms with van der Waals surface area (Å²) in [6, 6.07) is 4.66. The molecule has 2 heterocycles. The van der Waals surface area contributed by atoms with Crippen LogP contribution < -0.4 is 15.3 Å². The Morgan fingerprint density at radius 1 is 0.974 bits per heavy atom. The van der Waals surface area contributed by atoms with Gasteiger partial charge in [-0.2, -0.15) is 8.42 Å². The maximum absolute atomic E-state index is 14.1. The third-order valence-electron chi connectivity index (χ3n) is 7.24. The van der Waals surface area contributed by atoms with Crippen LogP contribution in [-0.2, 0) is 22.6 Å². The van der Waals surface area contributed by atoms with Crippen LogP contribution >= 0.6 is 0 Å². The predicted molar refractivity (Wildman–Crippen MR) is 141 cm³/mol. The van der Waals surface area contributed by atoms with E-state index in [9.17, 15) is 26.8 Å². The first-order valence-electron chi connectivity index (χ1n) is 12.7. The molecule has 1 aliphatic carbocycles. The molecule has 0 spiro atoms. The van der Waals surface area contributed by atoms with Crippen molar-refractivity contribution >= 4 is 20.9 Å². The summed E-state index contributed by atoms with van der Waals surface area (Å²) in [6.45, 7) is 11.6. The molecular weight excluding hydrogens is 516 g/mol. The molecule has 206 valence electrons. The zero-order valence-corrected chi connectivity index (χ0v) is 23.4. The van der Waals surface area contributed by atoms with Gasteiger partial charge in [0.15, 0.2) is 0 Å². The van der Waals surface area contributed by atoms with Crippen LogP contribution in [-0.4, -0.2) is 29.6 Å². The molecule has 0 aliphatic heterocycles. The van der Waals surface area contributed by atoms with Gasteiger partial charge in [-0.25, -0.2) is 13.5 Å². The fraction of sp³-hybridized carbons (Fsp3) is 0.519. The largest absolute Gasteiger partial charge is 0.356 e. The maximum Gasteiger partial charge on any atom is 0.341 e. The molecule has 1 saturated carbocycles. The first kappa shape index (κ1) is 27.9. The number of halogens is 2. The molecule has 0 saturated heterocycles. The maximum atomic E-state index is 14.1. The molecule has 0 unspecified atom stereocenters.